The third-order valence-corrected chi connectivity index (χ3v) is 3.48. The second-order valence-electron chi connectivity index (χ2n) is 4.40. The van der Waals surface area contributed by atoms with Gasteiger partial charge in [-0.3, -0.25) is 4.79 Å². The van der Waals surface area contributed by atoms with Gasteiger partial charge in [0.2, 0.25) is 0 Å². The fraction of sp³-hybridized carbons (Fsp3) is 0.917. The summed E-state index contributed by atoms with van der Waals surface area (Å²) >= 11 is 0. The van der Waals surface area contributed by atoms with Crippen molar-refractivity contribution in [2.75, 3.05) is 13.2 Å². The van der Waals surface area contributed by atoms with Crippen LogP contribution in [0.3, 0.4) is 0 Å². The van der Waals surface area contributed by atoms with Gasteiger partial charge in [-0.15, -0.1) is 0 Å². The van der Waals surface area contributed by atoms with Crippen LogP contribution in [-0.4, -0.2) is 19.0 Å². The molecule has 1 aliphatic heterocycles. The van der Waals surface area contributed by atoms with Gasteiger partial charge in [-0.25, -0.2) is 0 Å². The van der Waals surface area contributed by atoms with Crippen LogP contribution in [0, 0.1) is 5.41 Å². The highest BCUT2D eigenvalue weighted by molar-refractivity contribution is 5.77. The average Bonchev–Trinajstić information content (AvgIpc) is 2.27. The Bertz CT molecular complexity index is 181. The molecule has 2 heteroatoms. The van der Waals surface area contributed by atoms with E-state index in [1.807, 2.05) is 6.92 Å². The quantitative estimate of drug-likeness (QED) is 0.679. The van der Waals surface area contributed by atoms with E-state index in [2.05, 4.69) is 6.92 Å². The molecule has 1 unspecified atom stereocenters. The molecule has 1 atom stereocenters. The molecular formula is C12H22O2. The molecule has 0 N–H and O–H groups in total. The van der Waals surface area contributed by atoms with E-state index in [0.717, 1.165) is 38.9 Å². The summed E-state index contributed by atoms with van der Waals surface area (Å²) in [4.78, 5) is 11.3. The summed E-state index contributed by atoms with van der Waals surface area (Å²) < 4.78 is 5.53. The maximum absolute atomic E-state index is 11.3. The predicted octanol–water partition coefficient (Wildman–Crippen LogP) is 2.95. The molecule has 0 saturated carbocycles. The molecule has 82 valence electrons. The normalized spacial score (nSPS) is 27.6. The first kappa shape index (κ1) is 11.7. The molecule has 0 amide bonds. The molecule has 0 aromatic heterocycles. The van der Waals surface area contributed by atoms with Crippen molar-refractivity contribution in [2.24, 2.45) is 5.41 Å². The van der Waals surface area contributed by atoms with E-state index in [-0.39, 0.29) is 0 Å². The van der Waals surface area contributed by atoms with Gasteiger partial charge < -0.3 is 4.74 Å². The van der Waals surface area contributed by atoms with Crippen molar-refractivity contribution in [1.29, 1.82) is 0 Å². The van der Waals surface area contributed by atoms with Crippen LogP contribution in [0.25, 0.3) is 0 Å². The molecule has 1 heterocycles. The molecule has 0 aromatic rings. The van der Waals surface area contributed by atoms with Crippen LogP contribution in [0.2, 0.25) is 0 Å². The number of Topliss-reactive ketones (excluding diaryl/α,β-unsaturated/α-hetero) is 1. The van der Waals surface area contributed by atoms with Crippen molar-refractivity contribution in [3.8, 4) is 0 Å². The van der Waals surface area contributed by atoms with Crippen molar-refractivity contribution < 1.29 is 9.53 Å². The number of hydrogen-bond acceptors (Lipinski definition) is 2. The Morgan fingerprint density at radius 1 is 1.43 bits per heavy atom. The molecule has 0 aromatic carbocycles. The molecule has 1 fully saturated rings. The highest BCUT2D eigenvalue weighted by atomic mass is 16.5. The smallest absolute Gasteiger partial charge is 0.132 e. The minimum Gasteiger partial charge on any atom is -0.381 e. The predicted molar refractivity (Wildman–Crippen MR) is 57.3 cm³/mol. The molecule has 2 nitrogen and oxygen atoms in total. The molecule has 0 aliphatic carbocycles. The van der Waals surface area contributed by atoms with Gasteiger partial charge in [-0.05, 0) is 31.1 Å². The molecule has 0 spiro atoms. The van der Waals surface area contributed by atoms with E-state index < -0.39 is 0 Å². The van der Waals surface area contributed by atoms with Crippen LogP contribution in [0.15, 0.2) is 0 Å². The number of ether oxygens (including phenoxy) is 1. The first-order valence-electron chi connectivity index (χ1n) is 5.82. The fourth-order valence-electron chi connectivity index (χ4n) is 2.14. The van der Waals surface area contributed by atoms with Gasteiger partial charge in [0.25, 0.3) is 0 Å². The molecule has 14 heavy (non-hydrogen) atoms. The zero-order valence-corrected chi connectivity index (χ0v) is 9.47. The Labute approximate surface area is 87.0 Å². The summed E-state index contributed by atoms with van der Waals surface area (Å²) in [5.74, 6) is 0.392. The second kappa shape index (κ2) is 5.50. The monoisotopic (exact) mass is 198 g/mol. The summed E-state index contributed by atoms with van der Waals surface area (Å²) in [6.45, 7) is 5.92. The molecular weight excluding hydrogens is 176 g/mol. The van der Waals surface area contributed by atoms with Gasteiger partial charge in [0.15, 0.2) is 0 Å². The van der Waals surface area contributed by atoms with Crippen LogP contribution in [-0.2, 0) is 9.53 Å². The summed E-state index contributed by atoms with van der Waals surface area (Å²) in [6.07, 6.45) is 5.99. The van der Waals surface area contributed by atoms with Gasteiger partial charge in [0.05, 0.1) is 6.61 Å². The molecule has 1 saturated heterocycles. The third kappa shape index (κ3) is 3.09. The number of carbonyl (C=O) groups is 1. The van der Waals surface area contributed by atoms with Gasteiger partial charge in [0.1, 0.15) is 5.78 Å². The zero-order valence-electron chi connectivity index (χ0n) is 9.47. The largest absolute Gasteiger partial charge is 0.381 e. The van der Waals surface area contributed by atoms with Crippen molar-refractivity contribution >= 4 is 5.78 Å². The second-order valence-corrected chi connectivity index (χ2v) is 4.40. The SMILES string of the molecule is CCC(=O)CCC1(CC)CCCOC1. The topological polar surface area (TPSA) is 26.3 Å². The summed E-state index contributed by atoms with van der Waals surface area (Å²) in [7, 11) is 0. The first-order valence-corrected chi connectivity index (χ1v) is 5.82. The third-order valence-electron chi connectivity index (χ3n) is 3.48. The number of ketones is 1. The average molecular weight is 198 g/mol. The van der Waals surface area contributed by atoms with E-state index in [1.165, 1.54) is 6.42 Å². The van der Waals surface area contributed by atoms with Crippen LogP contribution in [0.5, 0.6) is 0 Å². The van der Waals surface area contributed by atoms with Crippen molar-refractivity contribution in [1.82, 2.24) is 0 Å². The first-order chi connectivity index (χ1) is 6.72. The Morgan fingerprint density at radius 3 is 2.71 bits per heavy atom. The highest BCUT2D eigenvalue weighted by Gasteiger charge is 2.30. The molecule has 1 aliphatic rings. The van der Waals surface area contributed by atoms with E-state index in [4.69, 9.17) is 4.74 Å². The minimum atomic E-state index is 0.309. The lowest BCUT2D eigenvalue weighted by Gasteiger charge is -2.36. The summed E-state index contributed by atoms with van der Waals surface area (Å²) in [5, 5.41) is 0. The molecule has 0 bridgehead atoms. The Hall–Kier alpha value is -0.370. The summed E-state index contributed by atoms with van der Waals surface area (Å²) in [5.41, 5.74) is 0.309. The van der Waals surface area contributed by atoms with E-state index in [9.17, 15) is 4.79 Å². The van der Waals surface area contributed by atoms with Crippen molar-refractivity contribution in [3.05, 3.63) is 0 Å². The van der Waals surface area contributed by atoms with Crippen LogP contribution < -0.4 is 0 Å². The molecule has 0 radical (unpaired) electrons. The van der Waals surface area contributed by atoms with E-state index >= 15 is 0 Å². The van der Waals surface area contributed by atoms with Gasteiger partial charge in [-0.2, -0.15) is 0 Å². The lowest BCUT2D eigenvalue weighted by atomic mass is 9.76. The summed E-state index contributed by atoms with van der Waals surface area (Å²) in [6, 6.07) is 0. The van der Waals surface area contributed by atoms with Crippen LogP contribution >= 0.6 is 0 Å². The Balaban J connectivity index is 2.39. The minimum absolute atomic E-state index is 0.309. The molecule has 1 rings (SSSR count). The van der Waals surface area contributed by atoms with Gasteiger partial charge in [0, 0.05) is 19.4 Å². The lowest BCUT2D eigenvalue weighted by molar-refractivity contribution is -0.120. The van der Waals surface area contributed by atoms with Gasteiger partial charge >= 0.3 is 0 Å². The lowest BCUT2D eigenvalue weighted by Crippen LogP contribution is -2.31. The standard InChI is InChI=1S/C12H22O2/c1-3-11(13)6-8-12(4-2)7-5-9-14-10-12/h3-10H2,1-2H3. The maximum Gasteiger partial charge on any atom is 0.132 e. The van der Waals surface area contributed by atoms with Crippen LogP contribution in [0.4, 0.5) is 0 Å². The van der Waals surface area contributed by atoms with Crippen molar-refractivity contribution in [3.63, 3.8) is 0 Å². The van der Waals surface area contributed by atoms with Crippen molar-refractivity contribution in [2.45, 2.75) is 52.4 Å². The van der Waals surface area contributed by atoms with Crippen LogP contribution in [0.1, 0.15) is 52.4 Å². The Kier molecular flexibility index (Phi) is 4.59. The van der Waals surface area contributed by atoms with Gasteiger partial charge in [-0.1, -0.05) is 13.8 Å². The Morgan fingerprint density at radius 2 is 2.21 bits per heavy atom. The zero-order chi connectivity index (χ0) is 10.4. The van der Waals surface area contributed by atoms with E-state index in [1.54, 1.807) is 0 Å². The number of rotatable bonds is 5. The highest BCUT2D eigenvalue weighted by Crippen LogP contribution is 2.36. The number of hydrogen-bond donors (Lipinski definition) is 0. The number of carbonyl (C=O) groups excluding carboxylic acids is 1. The van der Waals surface area contributed by atoms with E-state index in [0.29, 0.717) is 17.6 Å². The fourth-order valence-corrected chi connectivity index (χ4v) is 2.14. The maximum atomic E-state index is 11.3.